The Balaban J connectivity index is 2.37. The molecule has 0 unspecified atom stereocenters. The summed E-state index contributed by atoms with van der Waals surface area (Å²) in [5.74, 6) is 1.10. The minimum Gasteiger partial charge on any atom is -0.455 e. The Morgan fingerprint density at radius 3 is 2.72 bits per heavy atom. The van der Waals surface area contributed by atoms with Gasteiger partial charge in [-0.3, -0.25) is 4.98 Å². The molecule has 0 saturated heterocycles. The first kappa shape index (κ1) is 13.6. The molecule has 0 aliphatic carbocycles. The fourth-order valence-electron chi connectivity index (χ4n) is 1.37. The molecule has 1 heterocycles. The summed E-state index contributed by atoms with van der Waals surface area (Å²) in [6.45, 7) is 0.338. The van der Waals surface area contributed by atoms with E-state index in [1.807, 2.05) is 0 Å². The first-order chi connectivity index (χ1) is 8.61. The molecule has 6 heteroatoms. The molecule has 2 aromatic rings. The summed E-state index contributed by atoms with van der Waals surface area (Å²) in [5, 5.41) is 0.990. The zero-order chi connectivity index (χ0) is 13.1. The highest BCUT2D eigenvalue weighted by Gasteiger charge is 2.10. The van der Waals surface area contributed by atoms with Crippen LogP contribution in [0.2, 0.25) is 10.0 Å². The van der Waals surface area contributed by atoms with Gasteiger partial charge in [-0.15, -0.1) is 0 Å². The van der Waals surface area contributed by atoms with Crippen LogP contribution in [0.15, 0.2) is 35.1 Å². The van der Waals surface area contributed by atoms with Gasteiger partial charge in [0.1, 0.15) is 11.5 Å². The Bertz CT molecular complexity index is 578. The Morgan fingerprint density at radius 1 is 1.22 bits per heavy atom. The molecule has 0 amide bonds. The lowest BCUT2D eigenvalue weighted by molar-refractivity contribution is 0.475. The molecular weight excluding hydrogens is 339 g/mol. The quantitative estimate of drug-likeness (QED) is 0.837. The summed E-state index contributed by atoms with van der Waals surface area (Å²) in [7, 11) is 0. The van der Waals surface area contributed by atoms with Crippen molar-refractivity contribution < 1.29 is 4.74 Å². The maximum atomic E-state index is 6.09. The lowest BCUT2D eigenvalue weighted by Gasteiger charge is -2.11. The molecule has 18 heavy (non-hydrogen) atoms. The van der Waals surface area contributed by atoms with Crippen LogP contribution in [0.4, 0.5) is 0 Å². The Morgan fingerprint density at radius 2 is 2.00 bits per heavy atom. The molecule has 2 rings (SSSR count). The van der Waals surface area contributed by atoms with Crippen molar-refractivity contribution in [1.29, 1.82) is 0 Å². The molecule has 0 fully saturated rings. The number of nitrogens with two attached hydrogens (primary N) is 1. The number of benzene rings is 1. The topological polar surface area (TPSA) is 48.1 Å². The average Bonchev–Trinajstić information content (AvgIpc) is 2.36. The van der Waals surface area contributed by atoms with E-state index in [1.165, 1.54) is 0 Å². The van der Waals surface area contributed by atoms with Crippen LogP contribution in [0.25, 0.3) is 0 Å². The van der Waals surface area contributed by atoms with Gasteiger partial charge in [-0.1, -0.05) is 23.2 Å². The first-order valence-electron chi connectivity index (χ1n) is 5.07. The summed E-state index contributed by atoms with van der Waals surface area (Å²) in [4.78, 5) is 3.99. The molecule has 0 aliphatic rings. The molecule has 1 aromatic heterocycles. The SMILES string of the molecule is NCc1cnccc1Oc1cc(Cl)c(Br)cc1Cl. The maximum absolute atomic E-state index is 6.09. The van der Waals surface area contributed by atoms with Crippen molar-refractivity contribution in [3.63, 3.8) is 0 Å². The van der Waals surface area contributed by atoms with Crippen molar-refractivity contribution in [2.24, 2.45) is 5.73 Å². The summed E-state index contributed by atoms with van der Waals surface area (Å²) < 4.78 is 6.43. The smallest absolute Gasteiger partial charge is 0.147 e. The van der Waals surface area contributed by atoms with Gasteiger partial charge >= 0.3 is 0 Å². The van der Waals surface area contributed by atoms with Crippen LogP contribution in [0.5, 0.6) is 11.5 Å². The van der Waals surface area contributed by atoms with Gasteiger partial charge in [-0.05, 0) is 28.1 Å². The van der Waals surface area contributed by atoms with E-state index in [0.717, 1.165) is 10.0 Å². The number of nitrogens with zero attached hydrogens (tertiary/aromatic N) is 1. The second kappa shape index (κ2) is 5.89. The summed E-state index contributed by atoms with van der Waals surface area (Å²) in [6, 6.07) is 5.06. The number of hydrogen-bond donors (Lipinski definition) is 1. The van der Waals surface area contributed by atoms with Crippen LogP contribution in [0.1, 0.15) is 5.56 Å². The number of halogens is 3. The molecule has 1 aromatic carbocycles. The third kappa shape index (κ3) is 2.95. The summed E-state index contributed by atoms with van der Waals surface area (Å²) >= 11 is 15.4. The number of hydrogen-bond acceptors (Lipinski definition) is 3. The second-order valence-electron chi connectivity index (χ2n) is 3.49. The van der Waals surface area contributed by atoms with Crippen molar-refractivity contribution in [3.8, 4) is 11.5 Å². The second-order valence-corrected chi connectivity index (χ2v) is 5.16. The predicted octanol–water partition coefficient (Wildman–Crippen LogP) is 4.40. The lowest BCUT2D eigenvalue weighted by atomic mass is 10.2. The molecule has 0 bridgehead atoms. The van der Waals surface area contributed by atoms with E-state index in [9.17, 15) is 0 Å². The molecule has 94 valence electrons. The molecule has 0 aliphatic heterocycles. The zero-order valence-corrected chi connectivity index (χ0v) is 12.3. The molecule has 3 nitrogen and oxygen atoms in total. The number of aromatic nitrogens is 1. The maximum Gasteiger partial charge on any atom is 0.147 e. The Hall–Kier alpha value is -0.810. The number of ether oxygens (including phenoxy) is 1. The minimum atomic E-state index is 0.338. The third-order valence-electron chi connectivity index (χ3n) is 2.27. The van der Waals surface area contributed by atoms with Gasteiger partial charge < -0.3 is 10.5 Å². The van der Waals surface area contributed by atoms with Crippen LogP contribution in [0.3, 0.4) is 0 Å². The average molecular weight is 348 g/mol. The van der Waals surface area contributed by atoms with Gasteiger partial charge in [-0.25, -0.2) is 0 Å². The van der Waals surface area contributed by atoms with Gasteiger partial charge in [0.2, 0.25) is 0 Å². The van der Waals surface area contributed by atoms with E-state index in [-0.39, 0.29) is 0 Å². The van der Waals surface area contributed by atoms with E-state index in [0.29, 0.717) is 28.1 Å². The molecular formula is C12H9BrCl2N2O. The fourth-order valence-corrected chi connectivity index (χ4v) is 2.20. The van der Waals surface area contributed by atoms with Gasteiger partial charge in [0.25, 0.3) is 0 Å². The van der Waals surface area contributed by atoms with Crippen LogP contribution >= 0.6 is 39.1 Å². The van der Waals surface area contributed by atoms with Crippen molar-refractivity contribution in [2.45, 2.75) is 6.54 Å². The van der Waals surface area contributed by atoms with Crippen molar-refractivity contribution in [1.82, 2.24) is 4.98 Å². The highest BCUT2D eigenvalue weighted by molar-refractivity contribution is 9.10. The minimum absolute atomic E-state index is 0.338. The number of pyridine rings is 1. The summed E-state index contributed by atoms with van der Waals surface area (Å²) in [6.07, 6.45) is 3.28. The molecule has 0 radical (unpaired) electrons. The fraction of sp³-hybridized carbons (Fsp3) is 0.0833. The monoisotopic (exact) mass is 346 g/mol. The van der Waals surface area contributed by atoms with Crippen LogP contribution < -0.4 is 10.5 Å². The van der Waals surface area contributed by atoms with Gasteiger partial charge in [0.05, 0.1) is 10.0 Å². The lowest BCUT2D eigenvalue weighted by Crippen LogP contribution is -2.00. The van der Waals surface area contributed by atoms with Crippen molar-refractivity contribution in [3.05, 3.63) is 50.7 Å². The van der Waals surface area contributed by atoms with Gasteiger partial charge in [-0.2, -0.15) is 0 Å². The van der Waals surface area contributed by atoms with Crippen LogP contribution in [-0.2, 0) is 6.54 Å². The highest BCUT2D eigenvalue weighted by atomic mass is 79.9. The van der Waals surface area contributed by atoms with Crippen LogP contribution in [-0.4, -0.2) is 4.98 Å². The first-order valence-corrected chi connectivity index (χ1v) is 6.62. The van der Waals surface area contributed by atoms with E-state index in [1.54, 1.807) is 30.6 Å². The van der Waals surface area contributed by atoms with E-state index >= 15 is 0 Å². The molecule has 0 atom stereocenters. The van der Waals surface area contributed by atoms with Gasteiger partial charge in [0.15, 0.2) is 0 Å². The van der Waals surface area contributed by atoms with E-state index in [4.69, 9.17) is 33.7 Å². The normalized spacial score (nSPS) is 10.4. The predicted molar refractivity (Wildman–Crippen MR) is 76.4 cm³/mol. The largest absolute Gasteiger partial charge is 0.455 e. The van der Waals surface area contributed by atoms with Crippen molar-refractivity contribution in [2.75, 3.05) is 0 Å². The van der Waals surface area contributed by atoms with Gasteiger partial charge in [0, 0.05) is 35.0 Å². The number of rotatable bonds is 3. The molecule has 2 N–H and O–H groups in total. The highest BCUT2D eigenvalue weighted by Crippen LogP contribution is 2.37. The van der Waals surface area contributed by atoms with Crippen LogP contribution in [0, 0.1) is 0 Å². The standard InChI is InChI=1S/C12H9BrCl2N2O/c13-8-3-10(15)12(4-9(8)14)18-11-1-2-17-6-7(11)5-16/h1-4,6H,5,16H2. The Kier molecular flexibility index (Phi) is 4.45. The Labute approximate surface area is 123 Å². The van der Waals surface area contributed by atoms with E-state index in [2.05, 4.69) is 20.9 Å². The molecule has 0 saturated carbocycles. The van der Waals surface area contributed by atoms with E-state index < -0.39 is 0 Å². The third-order valence-corrected chi connectivity index (χ3v) is 3.77. The summed E-state index contributed by atoms with van der Waals surface area (Å²) in [5.41, 5.74) is 6.41. The zero-order valence-electron chi connectivity index (χ0n) is 9.16. The van der Waals surface area contributed by atoms with Crippen molar-refractivity contribution >= 4 is 39.1 Å². The molecule has 0 spiro atoms.